The van der Waals surface area contributed by atoms with Crippen molar-refractivity contribution in [3.8, 4) is 0 Å². The summed E-state index contributed by atoms with van der Waals surface area (Å²) in [5.41, 5.74) is 0.971. The smallest absolute Gasteiger partial charge is 0.300 e. The van der Waals surface area contributed by atoms with E-state index >= 15 is 0 Å². The molecule has 37 heavy (non-hydrogen) atoms. The average Bonchev–Trinajstić information content (AvgIpc) is 3.51. The Balaban J connectivity index is 1.41. The summed E-state index contributed by atoms with van der Waals surface area (Å²) >= 11 is 0. The molecular formula is C27H43N5O5. The minimum atomic E-state index is -0.499. The summed E-state index contributed by atoms with van der Waals surface area (Å²) in [7, 11) is 0. The first-order valence-electron chi connectivity index (χ1n) is 13.5. The molecule has 1 aromatic carbocycles. The molecule has 1 aliphatic heterocycles. The molecular weight excluding hydrogens is 474 g/mol. The van der Waals surface area contributed by atoms with Gasteiger partial charge in [0.15, 0.2) is 5.52 Å². The predicted octanol–water partition coefficient (Wildman–Crippen LogP) is 5.58. The maximum absolute atomic E-state index is 12.8. The molecule has 6 unspecified atom stereocenters. The van der Waals surface area contributed by atoms with Crippen LogP contribution < -0.4 is 10.6 Å². The number of rotatable bonds is 15. The van der Waals surface area contributed by atoms with Gasteiger partial charge in [-0.1, -0.05) is 54.9 Å². The second-order valence-electron chi connectivity index (χ2n) is 11.8. The normalized spacial score (nSPS) is 20.7. The van der Waals surface area contributed by atoms with Crippen LogP contribution in [0.4, 0.5) is 11.4 Å². The van der Waals surface area contributed by atoms with Crippen LogP contribution >= 0.6 is 0 Å². The number of hydrogen-bond donors (Lipinski definition) is 2. The van der Waals surface area contributed by atoms with Crippen LogP contribution in [0.1, 0.15) is 74.1 Å². The standard InChI is InChI=1S/C27H43N5O5/c1-8-9-18(4)24-25(36-24)27(6,7)13-19(5)26(33)29-15-17(3)12-16(2)14-28-20-10-11-21(32(34)35)23-22(20)30-37-31-23/h10-11,16-19,24-25,28H,8-9,12-15H2,1-7H3,(H,29,33). The number of aromatic nitrogens is 2. The van der Waals surface area contributed by atoms with E-state index < -0.39 is 4.92 Å². The molecule has 10 heteroatoms. The summed E-state index contributed by atoms with van der Waals surface area (Å²) in [5, 5.41) is 25.1. The van der Waals surface area contributed by atoms with Crippen LogP contribution in [0.3, 0.4) is 0 Å². The third kappa shape index (κ3) is 7.40. The average molecular weight is 518 g/mol. The van der Waals surface area contributed by atoms with Crippen LogP contribution in [-0.2, 0) is 9.53 Å². The Bertz CT molecular complexity index is 1070. The highest BCUT2D eigenvalue weighted by Crippen LogP contribution is 2.46. The molecule has 0 spiro atoms. The number of hydrogen-bond acceptors (Lipinski definition) is 8. The highest BCUT2D eigenvalue weighted by molar-refractivity contribution is 5.93. The van der Waals surface area contributed by atoms with Crippen LogP contribution in [0, 0.1) is 39.2 Å². The van der Waals surface area contributed by atoms with Gasteiger partial charge in [-0.2, -0.15) is 0 Å². The zero-order chi connectivity index (χ0) is 27.3. The van der Waals surface area contributed by atoms with E-state index in [0.717, 1.165) is 12.8 Å². The zero-order valence-electron chi connectivity index (χ0n) is 23.2. The van der Waals surface area contributed by atoms with E-state index in [1.54, 1.807) is 6.07 Å². The molecule has 1 fully saturated rings. The summed E-state index contributed by atoms with van der Waals surface area (Å²) in [6.45, 7) is 16.4. The van der Waals surface area contributed by atoms with Gasteiger partial charge in [0.2, 0.25) is 11.4 Å². The van der Waals surface area contributed by atoms with Gasteiger partial charge in [-0.25, -0.2) is 4.63 Å². The minimum Gasteiger partial charge on any atom is -0.383 e. The molecule has 10 nitrogen and oxygen atoms in total. The third-order valence-electron chi connectivity index (χ3n) is 7.54. The third-order valence-corrected chi connectivity index (χ3v) is 7.54. The number of epoxide rings is 1. The van der Waals surface area contributed by atoms with Crippen molar-refractivity contribution in [2.45, 2.75) is 86.4 Å². The lowest BCUT2D eigenvalue weighted by molar-refractivity contribution is -0.383. The predicted molar refractivity (Wildman–Crippen MR) is 143 cm³/mol. The van der Waals surface area contributed by atoms with Crippen molar-refractivity contribution in [2.24, 2.45) is 29.1 Å². The maximum Gasteiger partial charge on any atom is 0.300 e. The molecule has 0 bridgehead atoms. The first-order valence-corrected chi connectivity index (χ1v) is 13.5. The number of ether oxygens (including phenoxy) is 1. The second-order valence-corrected chi connectivity index (χ2v) is 11.8. The first-order chi connectivity index (χ1) is 17.4. The number of nitro groups is 1. The van der Waals surface area contributed by atoms with E-state index in [-0.39, 0.29) is 34.5 Å². The fourth-order valence-electron chi connectivity index (χ4n) is 5.53. The lowest BCUT2D eigenvalue weighted by atomic mass is 9.77. The summed E-state index contributed by atoms with van der Waals surface area (Å²) < 4.78 is 10.8. The number of nitro benzene ring substituents is 1. The summed E-state index contributed by atoms with van der Waals surface area (Å²) in [6.07, 6.45) is 4.61. The number of nitrogens with zero attached hydrogens (tertiary/aromatic N) is 3. The van der Waals surface area contributed by atoms with Crippen LogP contribution in [0.15, 0.2) is 16.8 Å². The Morgan fingerprint density at radius 1 is 1.14 bits per heavy atom. The van der Waals surface area contributed by atoms with Gasteiger partial charge in [0, 0.05) is 25.1 Å². The number of fused-ring (bicyclic) bond motifs is 1. The van der Waals surface area contributed by atoms with Crippen LogP contribution in [-0.4, -0.2) is 46.4 Å². The number of benzene rings is 1. The molecule has 0 radical (unpaired) electrons. The topological polar surface area (TPSA) is 136 Å². The molecule has 1 amide bonds. The zero-order valence-corrected chi connectivity index (χ0v) is 23.2. The van der Waals surface area contributed by atoms with Crippen LogP contribution in [0.2, 0.25) is 0 Å². The summed E-state index contributed by atoms with van der Waals surface area (Å²) in [6, 6.07) is 3.03. The number of non-ortho nitro benzene ring substituents is 1. The molecule has 0 saturated carbocycles. The van der Waals surface area contributed by atoms with Crippen molar-refractivity contribution in [3.05, 3.63) is 22.2 Å². The Morgan fingerprint density at radius 3 is 2.49 bits per heavy atom. The summed E-state index contributed by atoms with van der Waals surface area (Å²) in [5.74, 6) is 1.19. The van der Waals surface area contributed by atoms with E-state index in [9.17, 15) is 14.9 Å². The van der Waals surface area contributed by atoms with E-state index in [1.165, 1.54) is 18.9 Å². The first kappa shape index (κ1) is 28.8. The highest BCUT2D eigenvalue weighted by atomic mass is 16.6. The van der Waals surface area contributed by atoms with Crippen LogP contribution in [0.5, 0.6) is 0 Å². The highest BCUT2D eigenvalue weighted by Gasteiger charge is 2.52. The van der Waals surface area contributed by atoms with E-state index in [2.05, 4.69) is 62.5 Å². The van der Waals surface area contributed by atoms with Crippen molar-refractivity contribution in [1.82, 2.24) is 15.6 Å². The Hall–Kier alpha value is -2.75. The van der Waals surface area contributed by atoms with E-state index in [0.29, 0.717) is 48.2 Å². The van der Waals surface area contributed by atoms with Crippen LogP contribution in [0.25, 0.3) is 11.0 Å². The lowest BCUT2D eigenvalue weighted by Gasteiger charge is -2.27. The number of nitrogens with one attached hydrogen (secondary N) is 2. The SMILES string of the molecule is CCCC(C)C1OC1C(C)(C)CC(C)C(=O)NCC(C)CC(C)CNc1ccc([N+](=O)[O-])c2nonc12. The molecule has 0 aliphatic carbocycles. The van der Waals surface area contributed by atoms with Crippen molar-refractivity contribution < 1.29 is 19.1 Å². The van der Waals surface area contributed by atoms with Gasteiger partial charge in [0.05, 0.1) is 22.8 Å². The Morgan fingerprint density at radius 2 is 1.81 bits per heavy atom. The van der Waals surface area contributed by atoms with Gasteiger partial charge < -0.3 is 15.4 Å². The molecule has 1 aromatic heterocycles. The molecule has 6 atom stereocenters. The molecule has 1 aliphatic rings. The van der Waals surface area contributed by atoms with E-state index in [4.69, 9.17) is 9.37 Å². The molecule has 206 valence electrons. The lowest BCUT2D eigenvalue weighted by Crippen LogP contribution is -2.36. The monoisotopic (exact) mass is 517 g/mol. The number of carbonyl (C=O) groups is 1. The molecule has 2 heterocycles. The fourth-order valence-corrected chi connectivity index (χ4v) is 5.53. The van der Waals surface area contributed by atoms with E-state index in [1.807, 2.05) is 6.92 Å². The second kappa shape index (κ2) is 12.2. The van der Waals surface area contributed by atoms with Crippen molar-refractivity contribution in [3.63, 3.8) is 0 Å². The fraction of sp³-hybridized carbons (Fsp3) is 0.741. The molecule has 1 saturated heterocycles. The number of anilines is 1. The number of amides is 1. The minimum absolute atomic E-state index is 0.0299. The number of carbonyl (C=O) groups excluding carboxylic acids is 1. The van der Waals surface area contributed by atoms with Gasteiger partial charge in [-0.3, -0.25) is 14.9 Å². The molecule has 3 rings (SSSR count). The largest absolute Gasteiger partial charge is 0.383 e. The molecule has 2 aromatic rings. The van der Waals surface area contributed by atoms with Gasteiger partial charge in [0.1, 0.15) is 0 Å². The summed E-state index contributed by atoms with van der Waals surface area (Å²) in [4.78, 5) is 23.5. The van der Waals surface area contributed by atoms with Gasteiger partial charge >= 0.3 is 5.69 Å². The van der Waals surface area contributed by atoms with Gasteiger partial charge in [-0.15, -0.1) is 0 Å². The van der Waals surface area contributed by atoms with Gasteiger partial charge in [-0.05, 0) is 58.8 Å². The Labute approximate surface area is 219 Å². The quantitative estimate of drug-likeness (QED) is 0.178. The Kier molecular flexibility index (Phi) is 9.50. The van der Waals surface area contributed by atoms with Crippen molar-refractivity contribution in [2.75, 3.05) is 18.4 Å². The van der Waals surface area contributed by atoms with Crippen molar-refractivity contribution >= 4 is 28.3 Å². The van der Waals surface area contributed by atoms with Gasteiger partial charge in [0.25, 0.3) is 0 Å². The van der Waals surface area contributed by atoms with Crippen molar-refractivity contribution in [1.29, 1.82) is 0 Å². The maximum atomic E-state index is 12.8. The molecule has 2 N–H and O–H groups in total.